The largest absolute Gasteiger partial charge is 0.298 e. The van der Waals surface area contributed by atoms with E-state index in [1.165, 1.54) is 0 Å². The zero-order valence-corrected chi connectivity index (χ0v) is 11.3. The van der Waals surface area contributed by atoms with E-state index in [2.05, 4.69) is 32.8 Å². The van der Waals surface area contributed by atoms with Gasteiger partial charge in [0.1, 0.15) is 5.78 Å². The number of halogens is 1. The second-order valence-electron chi connectivity index (χ2n) is 3.79. The number of carbonyl (C=O) groups excluding carboxylic acids is 1. The number of hydrogen-bond acceptors (Lipinski definition) is 3. The summed E-state index contributed by atoms with van der Waals surface area (Å²) >= 11 is 2.19. The molecule has 0 aromatic heterocycles. The number of alkyl halides is 1. The van der Waals surface area contributed by atoms with Crippen molar-refractivity contribution in [2.45, 2.75) is 36.0 Å². The molecule has 0 aromatic rings. The molecule has 1 rings (SSSR count). The van der Waals surface area contributed by atoms with E-state index in [0.29, 0.717) is 20.8 Å². The molecule has 0 saturated heterocycles. The first-order valence-electron chi connectivity index (χ1n) is 4.25. The number of Topliss-reactive ketones (excluding diaryl/α,β-unsaturated/α-hetero) is 1. The molecule has 1 aliphatic rings. The molecule has 1 heterocycles. The number of nitrogens with zero attached hydrogens (tertiary/aromatic N) is 2. The minimum Gasteiger partial charge on any atom is -0.298 e. The van der Waals surface area contributed by atoms with Crippen LogP contribution in [0.5, 0.6) is 0 Å². The van der Waals surface area contributed by atoms with Gasteiger partial charge in [0, 0.05) is 6.42 Å². The van der Waals surface area contributed by atoms with Crippen molar-refractivity contribution in [3.8, 4) is 0 Å². The molecule has 0 amide bonds. The molecule has 0 fully saturated rings. The quantitative estimate of drug-likeness (QED) is 0.437. The molecule has 5 heteroatoms. The molecule has 1 aliphatic heterocycles. The van der Waals surface area contributed by atoms with E-state index in [1.807, 2.05) is 20.8 Å². The van der Waals surface area contributed by atoms with E-state index in [-0.39, 0.29) is 8.83 Å². The normalized spacial score (nSPS) is 19.7. The zero-order chi connectivity index (χ0) is 10.1. The minimum absolute atomic E-state index is 0.115. The standard InChI is InChI=1S/C8H14IN2OP/c1-7(2,9)6(12)4-5-13-8(3)10-11-8/h13H,4-5H2,1-3H3. The molecule has 0 aliphatic carbocycles. The zero-order valence-electron chi connectivity index (χ0n) is 8.09. The van der Waals surface area contributed by atoms with Gasteiger partial charge in [-0.15, -0.1) is 0 Å². The number of carbonyl (C=O) groups is 1. The van der Waals surface area contributed by atoms with Gasteiger partial charge >= 0.3 is 0 Å². The fourth-order valence-electron chi connectivity index (χ4n) is 0.856. The Hall–Kier alpha value is 0.430. The van der Waals surface area contributed by atoms with E-state index in [9.17, 15) is 4.79 Å². The van der Waals surface area contributed by atoms with Crippen LogP contribution in [0.1, 0.15) is 27.2 Å². The van der Waals surface area contributed by atoms with Crippen LogP contribution in [0.3, 0.4) is 0 Å². The summed E-state index contributed by atoms with van der Waals surface area (Å²) in [6.07, 6.45) is 1.59. The molecule has 1 atom stereocenters. The molecule has 0 bridgehead atoms. The van der Waals surface area contributed by atoms with Gasteiger partial charge < -0.3 is 0 Å². The molecule has 0 N–H and O–H groups in total. The Kier molecular flexibility index (Phi) is 3.44. The van der Waals surface area contributed by atoms with Crippen molar-refractivity contribution in [2.24, 2.45) is 10.2 Å². The van der Waals surface area contributed by atoms with Crippen LogP contribution in [0.2, 0.25) is 0 Å². The van der Waals surface area contributed by atoms with Crippen molar-refractivity contribution < 1.29 is 4.79 Å². The van der Waals surface area contributed by atoms with Crippen LogP contribution < -0.4 is 0 Å². The topological polar surface area (TPSA) is 41.8 Å². The summed E-state index contributed by atoms with van der Waals surface area (Å²) in [5.74, 6) is 0.324. The summed E-state index contributed by atoms with van der Waals surface area (Å²) in [5.41, 5.74) is 0. The third-order valence-corrected chi connectivity index (χ3v) is 3.85. The Morgan fingerprint density at radius 2 is 2.08 bits per heavy atom. The van der Waals surface area contributed by atoms with Crippen LogP contribution in [0, 0.1) is 0 Å². The van der Waals surface area contributed by atoms with Crippen LogP contribution >= 0.6 is 31.2 Å². The molecule has 0 radical (unpaired) electrons. The van der Waals surface area contributed by atoms with Gasteiger partial charge in [-0.25, -0.2) is 0 Å². The highest BCUT2D eigenvalue weighted by Crippen LogP contribution is 2.44. The van der Waals surface area contributed by atoms with Crippen molar-refractivity contribution >= 4 is 37.0 Å². The second kappa shape index (κ2) is 3.89. The lowest BCUT2D eigenvalue weighted by molar-refractivity contribution is -0.119. The van der Waals surface area contributed by atoms with Crippen molar-refractivity contribution in [1.82, 2.24) is 0 Å². The lowest BCUT2D eigenvalue weighted by Gasteiger charge is -2.14. The molecule has 3 nitrogen and oxygen atoms in total. The Balaban J connectivity index is 2.16. The average molecular weight is 312 g/mol. The van der Waals surface area contributed by atoms with E-state index in [4.69, 9.17) is 0 Å². The highest BCUT2D eigenvalue weighted by atomic mass is 127. The highest BCUT2D eigenvalue weighted by molar-refractivity contribution is 14.1. The van der Waals surface area contributed by atoms with Gasteiger partial charge in [0.15, 0.2) is 0 Å². The van der Waals surface area contributed by atoms with Gasteiger partial charge in [0.05, 0.1) is 3.42 Å². The molecule has 13 heavy (non-hydrogen) atoms. The van der Waals surface area contributed by atoms with Gasteiger partial charge in [-0.2, -0.15) is 10.2 Å². The van der Waals surface area contributed by atoms with E-state index in [1.54, 1.807) is 0 Å². The Morgan fingerprint density at radius 3 is 2.46 bits per heavy atom. The molecule has 0 saturated carbocycles. The Labute approximate surface area is 94.1 Å². The van der Waals surface area contributed by atoms with Gasteiger partial charge in [0.2, 0.25) is 5.40 Å². The van der Waals surface area contributed by atoms with Crippen LogP contribution in [-0.2, 0) is 4.79 Å². The summed E-state index contributed by atoms with van der Waals surface area (Å²) in [6, 6.07) is 0. The van der Waals surface area contributed by atoms with E-state index in [0.717, 1.165) is 6.16 Å². The van der Waals surface area contributed by atoms with E-state index < -0.39 is 0 Å². The van der Waals surface area contributed by atoms with Crippen molar-refractivity contribution in [1.29, 1.82) is 0 Å². The predicted octanol–water partition coefficient (Wildman–Crippen LogP) is 2.98. The van der Waals surface area contributed by atoms with Crippen molar-refractivity contribution in [2.75, 3.05) is 6.16 Å². The van der Waals surface area contributed by atoms with Crippen LogP contribution in [0.15, 0.2) is 10.2 Å². The molecule has 0 aromatic carbocycles. The van der Waals surface area contributed by atoms with E-state index >= 15 is 0 Å². The first kappa shape index (κ1) is 11.5. The molecule has 1 unspecified atom stereocenters. The number of ketones is 1. The SMILES string of the molecule is CC1(PCCC(=O)C(C)(C)I)N=N1. The highest BCUT2D eigenvalue weighted by Gasteiger charge is 2.33. The molecule has 0 spiro atoms. The second-order valence-corrected chi connectivity index (χ2v) is 8.29. The van der Waals surface area contributed by atoms with Crippen molar-refractivity contribution in [3.05, 3.63) is 0 Å². The van der Waals surface area contributed by atoms with Crippen LogP contribution in [0.25, 0.3) is 0 Å². The van der Waals surface area contributed by atoms with Gasteiger partial charge in [-0.1, -0.05) is 31.2 Å². The third-order valence-electron chi connectivity index (χ3n) is 1.88. The minimum atomic E-state index is -0.221. The van der Waals surface area contributed by atoms with Gasteiger partial charge in [-0.3, -0.25) is 4.79 Å². The van der Waals surface area contributed by atoms with Crippen LogP contribution in [-0.4, -0.2) is 20.8 Å². The summed E-state index contributed by atoms with van der Waals surface area (Å²) in [6.45, 7) is 5.91. The summed E-state index contributed by atoms with van der Waals surface area (Å²) in [4.78, 5) is 11.5. The monoisotopic (exact) mass is 312 g/mol. The molecular formula is C8H14IN2OP. The Morgan fingerprint density at radius 1 is 1.54 bits per heavy atom. The number of rotatable bonds is 5. The maximum Gasteiger partial charge on any atom is 0.202 e. The van der Waals surface area contributed by atoms with Gasteiger partial charge in [-0.05, 0) is 26.9 Å². The van der Waals surface area contributed by atoms with Crippen molar-refractivity contribution in [3.63, 3.8) is 0 Å². The van der Waals surface area contributed by atoms with Crippen LogP contribution in [0.4, 0.5) is 0 Å². The predicted molar refractivity (Wildman–Crippen MR) is 64.2 cm³/mol. The lowest BCUT2D eigenvalue weighted by Crippen LogP contribution is -2.24. The fraction of sp³-hybridized carbons (Fsp3) is 0.875. The summed E-state index contributed by atoms with van der Waals surface area (Å²) in [5, 5.41) is 7.72. The average Bonchev–Trinajstić information content (AvgIpc) is 2.66. The first-order chi connectivity index (χ1) is 5.83. The maximum atomic E-state index is 11.5. The Bertz CT molecular complexity index is 241. The third kappa shape index (κ3) is 3.98. The number of hydrogen-bond donors (Lipinski definition) is 0. The first-order valence-corrected chi connectivity index (χ1v) is 6.53. The van der Waals surface area contributed by atoms with Gasteiger partial charge in [0.25, 0.3) is 0 Å². The summed E-state index contributed by atoms with van der Waals surface area (Å²) in [7, 11) is 0.667. The lowest BCUT2D eigenvalue weighted by atomic mass is 10.1. The fourth-order valence-corrected chi connectivity index (χ4v) is 2.14. The maximum absolute atomic E-state index is 11.5. The molecule has 74 valence electrons. The molecular weight excluding hydrogens is 298 g/mol. The summed E-state index contributed by atoms with van der Waals surface area (Å²) < 4.78 is -0.221. The smallest absolute Gasteiger partial charge is 0.202 e.